The lowest BCUT2D eigenvalue weighted by Gasteiger charge is -2.23. The Labute approximate surface area is 199 Å². The Morgan fingerprint density at radius 3 is 2.88 bits per heavy atom. The summed E-state index contributed by atoms with van der Waals surface area (Å²) in [5.41, 5.74) is 2.54. The lowest BCUT2D eigenvalue weighted by atomic mass is 10.1. The smallest absolute Gasteiger partial charge is 0.264 e. The van der Waals surface area contributed by atoms with E-state index in [2.05, 4.69) is 12.0 Å². The third-order valence-corrected chi connectivity index (χ3v) is 6.87. The summed E-state index contributed by atoms with van der Waals surface area (Å²) in [5.74, 6) is -0.0508. The zero-order valence-electron chi connectivity index (χ0n) is 19.3. The molecule has 1 aromatic carbocycles. The standard InChI is InChI=1S/C23H32N4O6S/c1-17(9-12-32-10-4-5-13-34(29,30)31)26-16-18(15-24-26)23-20-14-19(28)7-8-21(20)27(25-23)22-6-2-3-11-33-22/h7-8,14-17,22,28H,2-6,9-13H2,1H3,(H,29,30,31). The van der Waals surface area contributed by atoms with Crippen molar-refractivity contribution < 1.29 is 27.6 Å². The number of aromatic nitrogens is 4. The Morgan fingerprint density at radius 1 is 1.26 bits per heavy atom. The number of hydrogen-bond acceptors (Lipinski definition) is 7. The number of phenolic OH excluding ortho intramolecular Hbond substituents is 1. The van der Waals surface area contributed by atoms with Crippen LogP contribution in [0.25, 0.3) is 22.2 Å². The van der Waals surface area contributed by atoms with Crippen molar-refractivity contribution in [3.63, 3.8) is 0 Å². The molecule has 3 aromatic rings. The SMILES string of the molecule is CC(CCOCCCCS(=O)(=O)O)n1cc(-c2nn(C3CCCCO3)c3ccc(O)cc23)cn1. The predicted molar refractivity (Wildman–Crippen MR) is 127 cm³/mol. The van der Waals surface area contributed by atoms with Crippen LogP contribution in [0.5, 0.6) is 5.75 Å². The van der Waals surface area contributed by atoms with Crippen LogP contribution in [0.15, 0.2) is 30.6 Å². The van der Waals surface area contributed by atoms with Gasteiger partial charge < -0.3 is 14.6 Å². The Balaban J connectivity index is 1.40. The summed E-state index contributed by atoms with van der Waals surface area (Å²) in [6.07, 6.45) is 8.37. The first-order valence-corrected chi connectivity index (χ1v) is 13.3. The van der Waals surface area contributed by atoms with E-state index in [4.69, 9.17) is 19.1 Å². The topological polar surface area (TPSA) is 129 Å². The minimum atomic E-state index is -3.90. The number of nitrogens with zero attached hydrogens (tertiary/aromatic N) is 4. The van der Waals surface area contributed by atoms with Crippen molar-refractivity contribution in [1.29, 1.82) is 0 Å². The minimum absolute atomic E-state index is 0.0926. The zero-order chi connectivity index (χ0) is 24.1. The van der Waals surface area contributed by atoms with E-state index in [0.29, 0.717) is 26.1 Å². The Morgan fingerprint density at radius 2 is 2.12 bits per heavy atom. The van der Waals surface area contributed by atoms with Gasteiger partial charge in [-0.1, -0.05) is 0 Å². The predicted octanol–water partition coefficient (Wildman–Crippen LogP) is 3.94. The van der Waals surface area contributed by atoms with Gasteiger partial charge in [0.15, 0.2) is 6.23 Å². The molecular formula is C23H32N4O6S. The number of benzene rings is 1. The maximum absolute atomic E-state index is 10.7. The molecule has 2 N–H and O–H groups in total. The number of aromatic hydroxyl groups is 1. The molecule has 0 spiro atoms. The van der Waals surface area contributed by atoms with Crippen LogP contribution >= 0.6 is 0 Å². The van der Waals surface area contributed by atoms with Crippen molar-refractivity contribution in [1.82, 2.24) is 19.6 Å². The molecule has 1 aliphatic rings. The third kappa shape index (κ3) is 6.15. The van der Waals surface area contributed by atoms with Gasteiger partial charge in [-0.05, 0) is 63.6 Å². The highest BCUT2D eigenvalue weighted by atomic mass is 32.2. The number of ether oxygens (including phenoxy) is 2. The Hall–Kier alpha value is -2.47. The van der Waals surface area contributed by atoms with E-state index in [1.807, 2.05) is 21.6 Å². The molecule has 2 aromatic heterocycles. The summed E-state index contributed by atoms with van der Waals surface area (Å²) in [7, 11) is -3.90. The van der Waals surface area contributed by atoms with Crippen LogP contribution in [0.1, 0.15) is 57.7 Å². The summed E-state index contributed by atoms with van der Waals surface area (Å²) < 4.78 is 45.5. The maximum atomic E-state index is 10.7. The quantitative estimate of drug-likeness (QED) is 0.304. The fourth-order valence-electron chi connectivity index (χ4n) is 4.16. The molecule has 3 heterocycles. The maximum Gasteiger partial charge on any atom is 0.264 e. The van der Waals surface area contributed by atoms with E-state index < -0.39 is 10.1 Å². The second-order valence-electron chi connectivity index (χ2n) is 8.77. The van der Waals surface area contributed by atoms with Gasteiger partial charge in [0.25, 0.3) is 10.1 Å². The molecule has 11 heteroatoms. The van der Waals surface area contributed by atoms with Crippen LogP contribution in [0, 0.1) is 0 Å². The molecule has 0 bridgehead atoms. The summed E-state index contributed by atoms with van der Waals surface area (Å²) in [6.45, 7) is 3.74. The summed E-state index contributed by atoms with van der Waals surface area (Å²) in [6, 6.07) is 5.36. The summed E-state index contributed by atoms with van der Waals surface area (Å²) in [4.78, 5) is 0. The van der Waals surface area contributed by atoms with E-state index >= 15 is 0 Å². The van der Waals surface area contributed by atoms with E-state index in [1.54, 1.807) is 18.3 Å². The minimum Gasteiger partial charge on any atom is -0.508 e. The number of rotatable bonds is 11. The monoisotopic (exact) mass is 492 g/mol. The van der Waals surface area contributed by atoms with Gasteiger partial charge in [0.2, 0.25) is 0 Å². The van der Waals surface area contributed by atoms with Gasteiger partial charge in [-0.2, -0.15) is 18.6 Å². The number of unbranched alkanes of at least 4 members (excludes halogenated alkanes) is 1. The van der Waals surface area contributed by atoms with Crippen LogP contribution in [0.3, 0.4) is 0 Å². The fraction of sp³-hybridized carbons (Fsp3) is 0.565. The average molecular weight is 493 g/mol. The molecule has 1 aliphatic heterocycles. The van der Waals surface area contributed by atoms with Crippen LogP contribution in [-0.4, -0.2) is 63.2 Å². The van der Waals surface area contributed by atoms with Crippen molar-refractivity contribution in [3.05, 3.63) is 30.6 Å². The van der Waals surface area contributed by atoms with Crippen LogP contribution in [0.2, 0.25) is 0 Å². The highest BCUT2D eigenvalue weighted by Gasteiger charge is 2.22. The second-order valence-corrected chi connectivity index (χ2v) is 10.3. The van der Waals surface area contributed by atoms with Crippen LogP contribution in [0.4, 0.5) is 0 Å². The first-order valence-electron chi connectivity index (χ1n) is 11.7. The molecule has 2 atom stereocenters. The molecule has 2 unspecified atom stereocenters. The Bertz CT molecular complexity index is 1200. The van der Waals surface area contributed by atoms with Crippen LogP contribution in [-0.2, 0) is 19.6 Å². The molecule has 0 aliphatic carbocycles. The molecule has 0 amide bonds. The van der Waals surface area contributed by atoms with Gasteiger partial charge in [-0.3, -0.25) is 9.23 Å². The van der Waals surface area contributed by atoms with Gasteiger partial charge in [0, 0.05) is 37.0 Å². The normalized spacial score (nSPS) is 17.9. The highest BCUT2D eigenvalue weighted by Crippen LogP contribution is 2.34. The number of fused-ring (bicyclic) bond motifs is 1. The summed E-state index contributed by atoms with van der Waals surface area (Å²) >= 11 is 0. The number of hydrogen-bond donors (Lipinski definition) is 2. The van der Waals surface area contributed by atoms with Crippen molar-refractivity contribution in [2.75, 3.05) is 25.6 Å². The van der Waals surface area contributed by atoms with Crippen molar-refractivity contribution >= 4 is 21.0 Å². The van der Waals surface area contributed by atoms with Crippen molar-refractivity contribution in [2.45, 2.75) is 57.7 Å². The van der Waals surface area contributed by atoms with Crippen molar-refractivity contribution in [2.24, 2.45) is 0 Å². The lowest BCUT2D eigenvalue weighted by Crippen LogP contribution is -2.19. The lowest BCUT2D eigenvalue weighted by molar-refractivity contribution is -0.0365. The first-order chi connectivity index (χ1) is 16.3. The molecule has 1 saturated heterocycles. The average Bonchev–Trinajstić information content (AvgIpc) is 3.43. The van der Waals surface area contributed by atoms with Gasteiger partial charge in [0.05, 0.1) is 23.5 Å². The van der Waals surface area contributed by atoms with Crippen LogP contribution < -0.4 is 0 Å². The van der Waals surface area contributed by atoms with E-state index in [9.17, 15) is 13.5 Å². The molecule has 186 valence electrons. The summed E-state index contributed by atoms with van der Waals surface area (Å²) in [5, 5.41) is 20.3. The van der Waals surface area contributed by atoms with Gasteiger partial charge in [0.1, 0.15) is 11.4 Å². The van der Waals surface area contributed by atoms with Gasteiger partial charge >= 0.3 is 0 Å². The van der Waals surface area contributed by atoms with Gasteiger partial charge in [-0.25, -0.2) is 4.68 Å². The molecule has 4 rings (SSSR count). The van der Waals surface area contributed by atoms with Gasteiger partial charge in [-0.15, -0.1) is 0 Å². The first kappa shape index (κ1) is 24.6. The zero-order valence-corrected chi connectivity index (χ0v) is 20.2. The molecular weight excluding hydrogens is 460 g/mol. The van der Waals surface area contributed by atoms with Crippen molar-refractivity contribution in [3.8, 4) is 17.0 Å². The molecule has 10 nitrogen and oxygen atoms in total. The second kappa shape index (κ2) is 10.9. The molecule has 34 heavy (non-hydrogen) atoms. The third-order valence-electron chi connectivity index (χ3n) is 6.07. The molecule has 1 fully saturated rings. The number of phenols is 1. The molecule has 0 saturated carbocycles. The largest absolute Gasteiger partial charge is 0.508 e. The van der Waals surface area contributed by atoms with E-state index in [0.717, 1.165) is 54.5 Å². The Kier molecular flexibility index (Phi) is 7.87. The fourth-order valence-corrected chi connectivity index (χ4v) is 4.73. The molecule has 0 radical (unpaired) electrons. The van der Waals surface area contributed by atoms with E-state index in [-0.39, 0.29) is 23.8 Å². The van der Waals surface area contributed by atoms with E-state index in [1.165, 1.54) is 0 Å². The highest BCUT2D eigenvalue weighted by molar-refractivity contribution is 7.85.